The standard InChI is InChI=1S/C14H15ClO3/c15-9-4-5-12(18-10-2-1-3-10)11(8-9)14(6-7-14)13(16)17/h4-5,8,10H,1-3,6-7H2,(H,16,17). The van der Waals surface area contributed by atoms with Gasteiger partial charge in [0, 0.05) is 10.6 Å². The Morgan fingerprint density at radius 3 is 2.61 bits per heavy atom. The van der Waals surface area contributed by atoms with Gasteiger partial charge in [-0.15, -0.1) is 0 Å². The van der Waals surface area contributed by atoms with E-state index in [-0.39, 0.29) is 6.10 Å². The molecule has 2 aliphatic carbocycles. The van der Waals surface area contributed by atoms with Gasteiger partial charge in [0.15, 0.2) is 0 Å². The lowest BCUT2D eigenvalue weighted by atomic mass is 9.93. The molecule has 2 aliphatic rings. The number of hydrogen-bond donors (Lipinski definition) is 1. The fourth-order valence-corrected chi connectivity index (χ4v) is 2.54. The van der Waals surface area contributed by atoms with Crippen LogP contribution in [-0.4, -0.2) is 17.2 Å². The third-order valence-corrected chi connectivity index (χ3v) is 4.20. The molecular weight excluding hydrogens is 252 g/mol. The van der Waals surface area contributed by atoms with Crippen LogP contribution in [0.1, 0.15) is 37.7 Å². The Hall–Kier alpha value is -1.22. The van der Waals surface area contributed by atoms with Gasteiger partial charge in [0.2, 0.25) is 0 Å². The molecule has 0 bridgehead atoms. The van der Waals surface area contributed by atoms with Crippen LogP contribution in [0.3, 0.4) is 0 Å². The van der Waals surface area contributed by atoms with Crippen molar-refractivity contribution in [1.29, 1.82) is 0 Å². The van der Waals surface area contributed by atoms with Gasteiger partial charge in [-0.1, -0.05) is 11.6 Å². The van der Waals surface area contributed by atoms with Crippen LogP contribution in [0.15, 0.2) is 18.2 Å². The maximum absolute atomic E-state index is 11.4. The lowest BCUT2D eigenvalue weighted by molar-refractivity contribution is -0.140. The SMILES string of the molecule is O=C(O)C1(c2cc(Cl)ccc2OC2CCC2)CC1. The molecule has 0 spiro atoms. The van der Waals surface area contributed by atoms with E-state index in [0.29, 0.717) is 23.6 Å². The Morgan fingerprint density at radius 2 is 2.11 bits per heavy atom. The molecule has 0 aliphatic heterocycles. The Morgan fingerprint density at radius 1 is 1.39 bits per heavy atom. The second-order valence-electron chi connectivity index (χ2n) is 5.20. The van der Waals surface area contributed by atoms with Gasteiger partial charge < -0.3 is 9.84 Å². The van der Waals surface area contributed by atoms with Crippen molar-refractivity contribution in [3.05, 3.63) is 28.8 Å². The predicted molar refractivity (Wildman–Crippen MR) is 68.3 cm³/mol. The maximum Gasteiger partial charge on any atom is 0.314 e. The normalized spacial score (nSPS) is 21.2. The summed E-state index contributed by atoms with van der Waals surface area (Å²) in [5.74, 6) is -0.0766. The molecule has 0 amide bonds. The molecule has 4 heteroatoms. The van der Waals surface area contributed by atoms with Crippen molar-refractivity contribution in [2.75, 3.05) is 0 Å². The molecule has 96 valence electrons. The molecule has 2 fully saturated rings. The highest BCUT2D eigenvalue weighted by Crippen LogP contribution is 2.52. The summed E-state index contributed by atoms with van der Waals surface area (Å²) in [6.45, 7) is 0. The quantitative estimate of drug-likeness (QED) is 0.909. The first-order valence-electron chi connectivity index (χ1n) is 6.32. The molecule has 1 aromatic rings. The average molecular weight is 267 g/mol. The van der Waals surface area contributed by atoms with E-state index in [1.165, 1.54) is 6.42 Å². The first-order chi connectivity index (χ1) is 8.62. The van der Waals surface area contributed by atoms with Crippen LogP contribution < -0.4 is 4.74 Å². The van der Waals surface area contributed by atoms with Gasteiger partial charge in [0.05, 0.1) is 11.5 Å². The zero-order chi connectivity index (χ0) is 12.8. The zero-order valence-corrected chi connectivity index (χ0v) is 10.7. The molecule has 0 radical (unpaired) electrons. The third-order valence-electron chi connectivity index (χ3n) is 3.96. The molecule has 18 heavy (non-hydrogen) atoms. The number of carboxylic acids is 1. The minimum Gasteiger partial charge on any atom is -0.490 e. The molecule has 0 heterocycles. The Bertz CT molecular complexity index is 490. The van der Waals surface area contributed by atoms with E-state index in [1.54, 1.807) is 18.2 Å². The van der Waals surface area contributed by atoms with Crippen LogP contribution in [-0.2, 0) is 10.2 Å². The number of benzene rings is 1. The van der Waals surface area contributed by atoms with Crippen molar-refractivity contribution in [2.45, 2.75) is 43.6 Å². The van der Waals surface area contributed by atoms with Crippen LogP contribution in [0.5, 0.6) is 5.75 Å². The first-order valence-corrected chi connectivity index (χ1v) is 6.70. The highest BCUT2D eigenvalue weighted by molar-refractivity contribution is 6.30. The first kappa shape index (κ1) is 11.8. The lowest BCUT2D eigenvalue weighted by Crippen LogP contribution is -2.27. The predicted octanol–water partition coefficient (Wildman–Crippen LogP) is 3.39. The second kappa shape index (κ2) is 4.16. The minimum absolute atomic E-state index is 0.245. The number of aliphatic carboxylic acids is 1. The topological polar surface area (TPSA) is 46.5 Å². The summed E-state index contributed by atoms with van der Waals surface area (Å²) < 4.78 is 5.89. The zero-order valence-electron chi connectivity index (χ0n) is 9.99. The second-order valence-corrected chi connectivity index (χ2v) is 5.63. The fourth-order valence-electron chi connectivity index (χ4n) is 2.37. The third kappa shape index (κ3) is 1.87. The summed E-state index contributed by atoms with van der Waals surface area (Å²) in [7, 11) is 0. The highest BCUT2D eigenvalue weighted by atomic mass is 35.5. The van der Waals surface area contributed by atoms with Crippen LogP contribution in [0.2, 0.25) is 5.02 Å². The lowest BCUT2D eigenvalue weighted by Gasteiger charge is -2.28. The van der Waals surface area contributed by atoms with E-state index in [0.717, 1.165) is 18.4 Å². The summed E-state index contributed by atoms with van der Waals surface area (Å²) in [4.78, 5) is 11.4. The molecule has 3 rings (SSSR count). The number of carboxylic acid groups (broad SMARTS) is 1. The fraction of sp³-hybridized carbons (Fsp3) is 0.500. The van der Waals surface area contributed by atoms with Crippen molar-refractivity contribution < 1.29 is 14.6 Å². The Balaban J connectivity index is 1.95. The van der Waals surface area contributed by atoms with E-state index in [4.69, 9.17) is 16.3 Å². The van der Waals surface area contributed by atoms with Crippen LogP contribution in [0.25, 0.3) is 0 Å². The molecule has 0 aromatic heterocycles. The van der Waals surface area contributed by atoms with Crippen molar-refractivity contribution >= 4 is 17.6 Å². The van der Waals surface area contributed by atoms with Crippen LogP contribution >= 0.6 is 11.6 Å². The highest BCUT2D eigenvalue weighted by Gasteiger charge is 2.53. The molecule has 1 N–H and O–H groups in total. The molecule has 0 atom stereocenters. The van der Waals surface area contributed by atoms with Crippen molar-refractivity contribution in [3.63, 3.8) is 0 Å². The molecule has 0 saturated heterocycles. The largest absolute Gasteiger partial charge is 0.490 e. The van der Waals surface area contributed by atoms with Gasteiger partial charge in [0.25, 0.3) is 0 Å². The van der Waals surface area contributed by atoms with Gasteiger partial charge >= 0.3 is 5.97 Å². The summed E-state index contributed by atoms with van der Waals surface area (Å²) in [6.07, 6.45) is 4.89. The summed E-state index contributed by atoms with van der Waals surface area (Å²) >= 11 is 5.99. The number of halogens is 1. The van der Waals surface area contributed by atoms with Gasteiger partial charge in [-0.05, 0) is 50.3 Å². The minimum atomic E-state index is -0.775. The van der Waals surface area contributed by atoms with E-state index >= 15 is 0 Å². The molecule has 1 aromatic carbocycles. The van der Waals surface area contributed by atoms with E-state index in [2.05, 4.69) is 0 Å². The van der Waals surface area contributed by atoms with E-state index in [1.807, 2.05) is 0 Å². The average Bonchev–Trinajstić information content (AvgIpc) is 3.06. The van der Waals surface area contributed by atoms with E-state index < -0.39 is 11.4 Å². The van der Waals surface area contributed by atoms with Crippen LogP contribution in [0, 0.1) is 0 Å². The summed E-state index contributed by atoms with van der Waals surface area (Å²) in [5.41, 5.74) is -0.0151. The maximum atomic E-state index is 11.4. The molecule has 2 saturated carbocycles. The van der Waals surface area contributed by atoms with Gasteiger partial charge in [-0.25, -0.2) is 0 Å². The number of rotatable bonds is 4. The summed E-state index contributed by atoms with van der Waals surface area (Å²) in [5, 5.41) is 9.95. The van der Waals surface area contributed by atoms with Crippen LogP contribution in [0.4, 0.5) is 0 Å². The number of ether oxygens (including phenoxy) is 1. The molecule has 0 unspecified atom stereocenters. The van der Waals surface area contributed by atoms with Gasteiger partial charge in [0.1, 0.15) is 5.75 Å². The monoisotopic (exact) mass is 266 g/mol. The number of hydrogen-bond acceptors (Lipinski definition) is 2. The summed E-state index contributed by atoms with van der Waals surface area (Å²) in [6, 6.07) is 5.31. The Kier molecular flexibility index (Phi) is 2.74. The Labute approximate surface area is 111 Å². The molecular formula is C14H15ClO3. The smallest absolute Gasteiger partial charge is 0.314 e. The van der Waals surface area contributed by atoms with E-state index in [9.17, 15) is 9.90 Å². The van der Waals surface area contributed by atoms with Crippen molar-refractivity contribution in [2.24, 2.45) is 0 Å². The van der Waals surface area contributed by atoms with Crippen molar-refractivity contribution in [3.8, 4) is 5.75 Å². The van der Waals surface area contributed by atoms with Gasteiger partial charge in [-0.3, -0.25) is 4.79 Å². The number of carbonyl (C=O) groups is 1. The molecule has 3 nitrogen and oxygen atoms in total. The van der Waals surface area contributed by atoms with Crippen molar-refractivity contribution in [1.82, 2.24) is 0 Å². The van der Waals surface area contributed by atoms with Gasteiger partial charge in [-0.2, -0.15) is 0 Å².